The molecule has 0 spiro atoms. The van der Waals surface area contributed by atoms with Gasteiger partial charge in [-0.3, -0.25) is 19.5 Å². The van der Waals surface area contributed by atoms with Crippen molar-refractivity contribution in [3.63, 3.8) is 0 Å². The van der Waals surface area contributed by atoms with Crippen LogP contribution in [-0.2, 0) is 15.0 Å². The number of aliphatic hydroxyl groups excluding tert-OH is 1. The minimum atomic E-state index is -0.933. The molecule has 190 valence electrons. The monoisotopic (exact) mass is 488 g/mol. The van der Waals surface area contributed by atoms with Gasteiger partial charge in [0.25, 0.3) is 6.04 Å². The Morgan fingerprint density at radius 2 is 1.83 bits per heavy atom. The molecule has 36 heavy (non-hydrogen) atoms. The fourth-order valence-corrected chi connectivity index (χ4v) is 5.22. The Morgan fingerprint density at radius 1 is 1.14 bits per heavy atom. The van der Waals surface area contributed by atoms with Crippen molar-refractivity contribution in [2.45, 2.75) is 88.9 Å². The summed E-state index contributed by atoms with van der Waals surface area (Å²) in [5.74, 6) is -1.23. The molecule has 2 saturated carbocycles. The first-order valence-electron chi connectivity index (χ1n) is 12.9. The first kappa shape index (κ1) is 25.8. The average molecular weight is 489 g/mol. The molecule has 1 aromatic heterocycles. The van der Waals surface area contributed by atoms with Crippen LogP contribution in [0.1, 0.15) is 76.5 Å². The fraction of sp³-hybridized carbons (Fsp3) is 0.517. The number of hydrogen-bond acceptors (Lipinski definition) is 4. The Hall–Kier alpha value is -3.24. The Bertz CT molecular complexity index is 1100. The van der Waals surface area contributed by atoms with E-state index in [-0.39, 0.29) is 29.7 Å². The number of hydrogen-bond donors (Lipinski definition) is 2. The number of benzene rings is 1. The van der Waals surface area contributed by atoms with Crippen LogP contribution < -0.4 is 10.2 Å². The summed E-state index contributed by atoms with van der Waals surface area (Å²) in [5.41, 5.74) is 2.24. The lowest BCUT2D eigenvalue weighted by Gasteiger charge is -2.39. The van der Waals surface area contributed by atoms with E-state index >= 15 is 0 Å². The molecule has 4 rings (SSSR count). The van der Waals surface area contributed by atoms with E-state index in [1.807, 2.05) is 30.3 Å². The first-order chi connectivity index (χ1) is 17.2. The summed E-state index contributed by atoms with van der Waals surface area (Å²) in [7, 11) is 0. The van der Waals surface area contributed by atoms with Crippen LogP contribution >= 0.6 is 0 Å². The lowest BCUT2D eigenvalue weighted by molar-refractivity contribution is -0.133. The molecule has 4 atom stereocenters. The number of amides is 2. The summed E-state index contributed by atoms with van der Waals surface area (Å²) < 4.78 is 0. The maximum absolute atomic E-state index is 14.0. The lowest BCUT2D eigenvalue weighted by Crippen LogP contribution is -2.56. The number of anilines is 1. The molecule has 0 saturated heterocycles. The Morgan fingerprint density at radius 3 is 2.39 bits per heavy atom. The molecule has 1 aromatic carbocycles. The van der Waals surface area contributed by atoms with Crippen molar-refractivity contribution in [3.8, 4) is 0 Å². The second-order valence-electron chi connectivity index (χ2n) is 11.1. The summed E-state index contributed by atoms with van der Waals surface area (Å²) in [5, 5.41) is 13.3. The number of aliphatic hydroxyl groups is 1. The van der Waals surface area contributed by atoms with Crippen molar-refractivity contribution in [3.05, 3.63) is 71.3 Å². The highest BCUT2D eigenvalue weighted by atomic mass is 16.3. The van der Waals surface area contributed by atoms with E-state index in [1.165, 1.54) is 11.3 Å². The Kier molecular flexibility index (Phi) is 7.75. The van der Waals surface area contributed by atoms with E-state index in [0.717, 1.165) is 31.2 Å². The molecule has 7 heteroatoms. The third kappa shape index (κ3) is 5.44. The van der Waals surface area contributed by atoms with Crippen LogP contribution in [0.4, 0.5) is 5.69 Å². The summed E-state index contributed by atoms with van der Waals surface area (Å²) in [6, 6.07) is 9.62. The fourth-order valence-electron chi connectivity index (χ4n) is 5.22. The van der Waals surface area contributed by atoms with Gasteiger partial charge in [-0.1, -0.05) is 58.2 Å². The van der Waals surface area contributed by atoms with Crippen molar-refractivity contribution >= 4 is 17.5 Å². The van der Waals surface area contributed by atoms with Gasteiger partial charge in [-0.15, -0.1) is 0 Å². The number of pyridine rings is 1. The molecule has 2 fully saturated rings. The van der Waals surface area contributed by atoms with Crippen molar-refractivity contribution < 1.29 is 14.7 Å². The number of nitrogens with zero attached hydrogens (tertiary/aromatic N) is 3. The largest absolute Gasteiger partial charge is 0.385 e. The van der Waals surface area contributed by atoms with Crippen LogP contribution in [-0.4, -0.2) is 40.1 Å². The molecule has 2 amide bonds. The predicted octanol–water partition coefficient (Wildman–Crippen LogP) is 4.57. The maximum Gasteiger partial charge on any atom is 0.260 e. The van der Waals surface area contributed by atoms with Crippen LogP contribution in [0.25, 0.3) is 4.85 Å². The van der Waals surface area contributed by atoms with Gasteiger partial charge in [0.1, 0.15) is 18.1 Å². The average Bonchev–Trinajstić information content (AvgIpc) is 2.86. The van der Waals surface area contributed by atoms with Crippen LogP contribution in [0, 0.1) is 12.5 Å². The van der Waals surface area contributed by atoms with Gasteiger partial charge in [0.05, 0.1) is 0 Å². The Labute approximate surface area is 213 Å². The minimum absolute atomic E-state index is 0.0677. The standard InChI is InChI=1S/C29H36N4O3/c1-29(2,3)20-12-14-22(15-13-20)33(28(36)23-17-24(34)25(23)30-4)26(19-9-8-16-31-18-19)27(35)32-21-10-6-5-7-11-21/h8-9,12-16,18,21,23-26,34H,5-7,10-11,17H2,1-3H3,(H,32,35). The van der Waals surface area contributed by atoms with Crippen LogP contribution in [0.5, 0.6) is 0 Å². The van der Waals surface area contributed by atoms with E-state index in [4.69, 9.17) is 6.57 Å². The normalized spacial score (nSPS) is 23.1. The van der Waals surface area contributed by atoms with Crippen LogP contribution in [0.3, 0.4) is 0 Å². The van der Waals surface area contributed by atoms with E-state index in [1.54, 1.807) is 18.5 Å². The quantitative estimate of drug-likeness (QED) is 0.583. The minimum Gasteiger partial charge on any atom is -0.385 e. The molecule has 0 bridgehead atoms. The van der Waals surface area contributed by atoms with Gasteiger partial charge in [0, 0.05) is 36.1 Å². The molecule has 4 unspecified atom stereocenters. The van der Waals surface area contributed by atoms with Crippen molar-refractivity contribution in [2.24, 2.45) is 5.92 Å². The molecular formula is C29H36N4O3. The molecular weight excluding hydrogens is 452 g/mol. The molecule has 0 radical (unpaired) electrons. The SMILES string of the molecule is [C-]#[N+]C1C(O)CC1C(=O)N(c1ccc(C(C)(C)C)cc1)C(C(=O)NC1CCCCC1)c1cccnc1. The van der Waals surface area contributed by atoms with Gasteiger partial charge in [0.15, 0.2) is 0 Å². The summed E-state index contributed by atoms with van der Waals surface area (Å²) in [6.07, 6.45) is 7.82. The second-order valence-corrected chi connectivity index (χ2v) is 11.1. The number of rotatable bonds is 6. The van der Waals surface area contributed by atoms with Crippen molar-refractivity contribution in [2.75, 3.05) is 4.90 Å². The highest BCUT2D eigenvalue weighted by Crippen LogP contribution is 2.38. The topological polar surface area (TPSA) is 86.9 Å². The third-order valence-electron chi connectivity index (χ3n) is 7.48. The zero-order valence-electron chi connectivity index (χ0n) is 21.4. The number of aromatic nitrogens is 1. The van der Waals surface area contributed by atoms with E-state index in [0.29, 0.717) is 11.3 Å². The molecule has 2 aromatic rings. The van der Waals surface area contributed by atoms with Gasteiger partial charge in [-0.25, -0.2) is 6.57 Å². The van der Waals surface area contributed by atoms with Gasteiger partial charge in [-0.05, 0) is 42.0 Å². The van der Waals surface area contributed by atoms with Crippen molar-refractivity contribution in [1.29, 1.82) is 0 Å². The van der Waals surface area contributed by atoms with Gasteiger partial charge in [-0.2, -0.15) is 0 Å². The van der Waals surface area contributed by atoms with Crippen LogP contribution in [0.15, 0.2) is 48.8 Å². The van der Waals surface area contributed by atoms with E-state index < -0.39 is 24.1 Å². The molecule has 2 aliphatic rings. The van der Waals surface area contributed by atoms with Gasteiger partial charge in [0.2, 0.25) is 11.8 Å². The zero-order valence-corrected chi connectivity index (χ0v) is 21.4. The predicted molar refractivity (Wildman–Crippen MR) is 139 cm³/mol. The molecule has 2 aliphatic carbocycles. The molecule has 1 heterocycles. The van der Waals surface area contributed by atoms with Crippen LogP contribution in [0.2, 0.25) is 0 Å². The van der Waals surface area contributed by atoms with E-state index in [9.17, 15) is 14.7 Å². The third-order valence-corrected chi connectivity index (χ3v) is 7.48. The Balaban J connectivity index is 1.76. The van der Waals surface area contributed by atoms with Crippen molar-refractivity contribution in [1.82, 2.24) is 10.3 Å². The molecule has 2 N–H and O–H groups in total. The second kappa shape index (κ2) is 10.8. The highest BCUT2D eigenvalue weighted by Gasteiger charge is 2.53. The summed E-state index contributed by atoms with van der Waals surface area (Å²) in [4.78, 5) is 37.1. The first-order valence-corrected chi connectivity index (χ1v) is 12.9. The summed E-state index contributed by atoms with van der Waals surface area (Å²) >= 11 is 0. The number of carbonyl (C=O) groups excluding carboxylic acids is 2. The lowest BCUT2D eigenvalue weighted by atomic mass is 9.75. The summed E-state index contributed by atoms with van der Waals surface area (Å²) in [6.45, 7) is 13.9. The number of nitrogens with one attached hydrogen (secondary N) is 1. The van der Waals surface area contributed by atoms with Gasteiger partial charge >= 0.3 is 0 Å². The maximum atomic E-state index is 14.0. The van der Waals surface area contributed by atoms with E-state index in [2.05, 4.69) is 35.9 Å². The van der Waals surface area contributed by atoms with Gasteiger partial charge < -0.3 is 15.3 Å². The molecule has 7 nitrogen and oxygen atoms in total. The highest BCUT2D eigenvalue weighted by molar-refractivity contribution is 6.03. The number of carbonyl (C=O) groups is 2. The zero-order chi connectivity index (χ0) is 25.9. The smallest absolute Gasteiger partial charge is 0.260 e. The molecule has 0 aliphatic heterocycles.